The maximum Gasteiger partial charge on any atom is 0.254 e. The zero-order chi connectivity index (χ0) is 14.6. The van der Waals surface area contributed by atoms with Crippen LogP contribution in [-0.2, 0) is 0 Å². The lowest BCUT2D eigenvalue weighted by atomic mass is 10.0. The molecule has 0 heterocycles. The molecule has 1 unspecified atom stereocenters. The molecule has 0 fully saturated rings. The first-order valence-electron chi connectivity index (χ1n) is 6.24. The van der Waals surface area contributed by atoms with Crippen molar-refractivity contribution in [1.29, 1.82) is 0 Å². The van der Waals surface area contributed by atoms with Crippen LogP contribution in [0.1, 0.15) is 36.2 Å². The molecule has 3 nitrogen and oxygen atoms in total. The van der Waals surface area contributed by atoms with E-state index >= 15 is 0 Å². The van der Waals surface area contributed by atoms with Crippen molar-refractivity contribution < 1.29 is 18.7 Å². The predicted molar refractivity (Wildman–Crippen MR) is 68.9 cm³/mol. The number of aliphatic hydroxyl groups is 1. The van der Waals surface area contributed by atoms with Crippen molar-refractivity contribution in [3.8, 4) is 0 Å². The maximum atomic E-state index is 13.5. The van der Waals surface area contributed by atoms with Crippen LogP contribution in [0.25, 0.3) is 0 Å². The summed E-state index contributed by atoms with van der Waals surface area (Å²) in [5.41, 5.74) is -0.161. The Morgan fingerprint density at radius 1 is 1.32 bits per heavy atom. The SMILES string of the molecule is Cc1cc(F)c(C(=O)NCCC(O)C(C)C)cc1F. The number of nitrogens with one attached hydrogen (secondary N) is 1. The molecule has 0 radical (unpaired) electrons. The lowest BCUT2D eigenvalue weighted by Crippen LogP contribution is -2.29. The van der Waals surface area contributed by atoms with E-state index in [1.54, 1.807) is 0 Å². The average Bonchev–Trinajstić information content (AvgIpc) is 2.33. The number of hydrogen-bond donors (Lipinski definition) is 2. The number of aliphatic hydroxyl groups excluding tert-OH is 1. The van der Waals surface area contributed by atoms with Crippen LogP contribution >= 0.6 is 0 Å². The minimum absolute atomic E-state index is 0.0884. The molecule has 0 saturated heterocycles. The second kappa shape index (κ2) is 6.61. The largest absolute Gasteiger partial charge is 0.393 e. The monoisotopic (exact) mass is 271 g/mol. The van der Waals surface area contributed by atoms with E-state index in [1.807, 2.05) is 13.8 Å². The Morgan fingerprint density at radius 3 is 2.53 bits per heavy atom. The van der Waals surface area contributed by atoms with Gasteiger partial charge in [-0.1, -0.05) is 13.8 Å². The third kappa shape index (κ3) is 4.28. The molecule has 2 N–H and O–H groups in total. The van der Waals surface area contributed by atoms with Crippen molar-refractivity contribution in [1.82, 2.24) is 5.32 Å². The van der Waals surface area contributed by atoms with E-state index < -0.39 is 23.6 Å². The summed E-state index contributed by atoms with van der Waals surface area (Å²) < 4.78 is 26.8. The molecule has 1 atom stereocenters. The van der Waals surface area contributed by atoms with Crippen LogP contribution in [0, 0.1) is 24.5 Å². The van der Waals surface area contributed by atoms with Crippen molar-refractivity contribution in [3.05, 3.63) is 34.9 Å². The smallest absolute Gasteiger partial charge is 0.254 e. The molecule has 5 heteroatoms. The topological polar surface area (TPSA) is 49.3 Å². The summed E-state index contributed by atoms with van der Waals surface area (Å²) in [6.07, 6.45) is -0.153. The van der Waals surface area contributed by atoms with Crippen LogP contribution in [0.2, 0.25) is 0 Å². The van der Waals surface area contributed by atoms with Crippen molar-refractivity contribution in [2.75, 3.05) is 6.54 Å². The van der Waals surface area contributed by atoms with E-state index in [0.717, 1.165) is 12.1 Å². The fraction of sp³-hybridized carbons (Fsp3) is 0.500. The molecule has 0 aliphatic heterocycles. The standard InChI is InChI=1S/C14H19F2NO2/c1-8(2)13(18)4-5-17-14(19)10-7-11(15)9(3)6-12(10)16/h6-8,13,18H,4-5H2,1-3H3,(H,17,19). The summed E-state index contributed by atoms with van der Waals surface area (Å²) in [6, 6.07) is 1.88. The lowest BCUT2D eigenvalue weighted by Gasteiger charge is -2.14. The number of aryl methyl sites for hydroxylation is 1. The molecule has 0 spiro atoms. The maximum absolute atomic E-state index is 13.5. The molecular formula is C14H19F2NO2. The second-order valence-corrected chi connectivity index (χ2v) is 4.94. The van der Waals surface area contributed by atoms with Crippen LogP contribution < -0.4 is 5.32 Å². The first-order valence-corrected chi connectivity index (χ1v) is 6.24. The zero-order valence-corrected chi connectivity index (χ0v) is 11.3. The van der Waals surface area contributed by atoms with Gasteiger partial charge < -0.3 is 10.4 Å². The molecule has 1 amide bonds. The summed E-state index contributed by atoms with van der Waals surface area (Å²) in [6.45, 7) is 5.37. The Kier molecular flexibility index (Phi) is 5.42. The van der Waals surface area contributed by atoms with Crippen molar-refractivity contribution in [2.45, 2.75) is 33.3 Å². The quantitative estimate of drug-likeness (QED) is 0.864. The second-order valence-electron chi connectivity index (χ2n) is 4.94. The molecule has 0 saturated carbocycles. The zero-order valence-electron chi connectivity index (χ0n) is 11.3. The van der Waals surface area contributed by atoms with Gasteiger partial charge >= 0.3 is 0 Å². The highest BCUT2D eigenvalue weighted by Crippen LogP contribution is 2.14. The molecule has 1 aromatic rings. The lowest BCUT2D eigenvalue weighted by molar-refractivity contribution is 0.0916. The van der Waals surface area contributed by atoms with Gasteiger partial charge in [-0.2, -0.15) is 0 Å². The molecular weight excluding hydrogens is 252 g/mol. The third-order valence-corrected chi connectivity index (χ3v) is 2.99. The predicted octanol–water partition coefficient (Wildman–Crippen LogP) is 2.41. The van der Waals surface area contributed by atoms with E-state index in [-0.39, 0.29) is 23.6 Å². The number of benzene rings is 1. The number of amides is 1. The molecule has 0 aromatic heterocycles. The highest BCUT2D eigenvalue weighted by Gasteiger charge is 2.15. The van der Waals surface area contributed by atoms with Crippen LogP contribution in [-0.4, -0.2) is 23.7 Å². The average molecular weight is 271 g/mol. The van der Waals surface area contributed by atoms with Gasteiger partial charge in [-0.05, 0) is 37.0 Å². The Hall–Kier alpha value is -1.49. The van der Waals surface area contributed by atoms with Gasteiger partial charge in [0, 0.05) is 6.54 Å². The third-order valence-electron chi connectivity index (χ3n) is 2.99. The number of halogens is 2. The van der Waals surface area contributed by atoms with Gasteiger partial charge in [0.1, 0.15) is 11.6 Å². The summed E-state index contributed by atoms with van der Waals surface area (Å²) in [5, 5.41) is 12.0. The fourth-order valence-corrected chi connectivity index (χ4v) is 1.58. The summed E-state index contributed by atoms with van der Waals surface area (Å²) in [5.74, 6) is -1.95. The van der Waals surface area contributed by atoms with Crippen LogP contribution in [0.4, 0.5) is 8.78 Å². The van der Waals surface area contributed by atoms with Crippen molar-refractivity contribution in [2.24, 2.45) is 5.92 Å². The van der Waals surface area contributed by atoms with Gasteiger partial charge in [-0.3, -0.25) is 4.79 Å². The Labute approximate surface area is 111 Å². The Bertz CT molecular complexity index is 461. The van der Waals surface area contributed by atoms with Crippen LogP contribution in [0.15, 0.2) is 12.1 Å². The van der Waals surface area contributed by atoms with Gasteiger partial charge in [0.2, 0.25) is 0 Å². The van der Waals surface area contributed by atoms with Gasteiger partial charge in [-0.25, -0.2) is 8.78 Å². The van der Waals surface area contributed by atoms with Crippen molar-refractivity contribution >= 4 is 5.91 Å². The first kappa shape index (κ1) is 15.6. The van der Waals surface area contributed by atoms with E-state index in [2.05, 4.69) is 5.32 Å². The van der Waals surface area contributed by atoms with Crippen molar-refractivity contribution in [3.63, 3.8) is 0 Å². The normalized spacial score (nSPS) is 12.6. The highest BCUT2D eigenvalue weighted by molar-refractivity contribution is 5.94. The summed E-state index contributed by atoms with van der Waals surface area (Å²) in [4.78, 5) is 11.7. The van der Waals surface area contributed by atoms with Gasteiger partial charge in [-0.15, -0.1) is 0 Å². The number of hydrogen-bond acceptors (Lipinski definition) is 2. The van der Waals surface area contributed by atoms with Crippen LogP contribution in [0.3, 0.4) is 0 Å². The summed E-state index contributed by atoms with van der Waals surface area (Å²) >= 11 is 0. The number of carbonyl (C=O) groups is 1. The highest BCUT2D eigenvalue weighted by atomic mass is 19.1. The van der Waals surface area contributed by atoms with E-state index in [0.29, 0.717) is 6.42 Å². The van der Waals surface area contributed by atoms with Gasteiger partial charge in [0.05, 0.1) is 11.7 Å². The first-order chi connectivity index (χ1) is 8.82. The van der Waals surface area contributed by atoms with E-state index in [1.165, 1.54) is 6.92 Å². The van der Waals surface area contributed by atoms with E-state index in [4.69, 9.17) is 0 Å². The van der Waals surface area contributed by atoms with Gasteiger partial charge in [0.25, 0.3) is 5.91 Å². The molecule has 1 aromatic carbocycles. The molecule has 19 heavy (non-hydrogen) atoms. The number of rotatable bonds is 5. The Morgan fingerprint density at radius 2 is 1.95 bits per heavy atom. The van der Waals surface area contributed by atoms with E-state index in [9.17, 15) is 18.7 Å². The summed E-state index contributed by atoms with van der Waals surface area (Å²) in [7, 11) is 0. The van der Waals surface area contributed by atoms with Crippen LogP contribution in [0.5, 0.6) is 0 Å². The van der Waals surface area contributed by atoms with Gasteiger partial charge in [0.15, 0.2) is 0 Å². The minimum Gasteiger partial charge on any atom is -0.393 e. The molecule has 1 rings (SSSR count). The minimum atomic E-state index is -0.749. The fourth-order valence-electron chi connectivity index (χ4n) is 1.58. The Balaban J connectivity index is 2.62. The molecule has 0 aliphatic carbocycles. The molecule has 0 bridgehead atoms. The number of carbonyl (C=O) groups excluding carboxylic acids is 1. The molecule has 0 aliphatic rings. The molecule has 106 valence electrons.